The van der Waals surface area contributed by atoms with E-state index in [4.69, 9.17) is 4.74 Å². The van der Waals surface area contributed by atoms with Crippen molar-refractivity contribution in [2.45, 2.75) is 31.2 Å². The summed E-state index contributed by atoms with van der Waals surface area (Å²) in [7, 11) is 0. The van der Waals surface area contributed by atoms with Gasteiger partial charge >= 0.3 is 12.1 Å². The molecule has 0 saturated heterocycles. The van der Waals surface area contributed by atoms with Crippen LogP contribution in [0.1, 0.15) is 36.3 Å². The van der Waals surface area contributed by atoms with Gasteiger partial charge in [-0.3, -0.25) is 0 Å². The van der Waals surface area contributed by atoms with E-state index in [1.165, 1.54) is 11.1 Å². The fourth-order valence-electron chi connectivity index (χ4n) is 5.13. The summed E-state index contributed by atoms with van der Waals surface area (Å²) in [6.45, 7) is 0.196. The van der Waals surface area contributed by atoms with Crippen LogP contribution in [-0.2, 0) is 9.53 Å². The fraction of sp³-hybridized carbons (Fsp3) is 0.364. The highest BCUT2D eigenvalue weighted by molar-refractivity contribution is 5.82. The quantitative estimate of drug-likeness (QED) is 0.848. The maximum atomic E-state index is 12.3. The molecule has 5 heteroatoms. The number of carbonyl (C=O) groups is 2. The Bertz CT molecular complexity index is 875. The van der Waals surface area contributed by atoms with Gasteiger partial charge in [-0.2, -0.15) is 0 Å². The van der Waals surface area contributed by atoms with Crippen LogP contribution in [0.15, 0.2) is 48.5 Å². The van der Waals surface area contributed by atoms with Gasteiger partial charge in [-0.25, -0.2) is 9.59 Å². The maximum Gasteiger partial charge on any atom is 0.407 e. The van der Waals surface area contributed by atoms with Gasteiger partial charge in [0.05, 0.1) is 0 Å². The zero-order valence-corrected chi connectivity index (χ0v) is 14.9. The number of ether oxygens (including phenoxy) is 1. The minimum Gasteiger partial charge on any atom is -0.480 e. The van der Waals surface area contributed by atoms with E-state index < -0.39 is 18.1 Å². The molecule has 3 fully saturated rings. The molecule has 0 heterocycles. The van der Waals surface area contributed by atoms with Gasteiger partial charge in [0, 0.05) is 11.3 Å². The third-order valence-corrected chi connectivity index (χ3v) is 6.55. The lowest BCUT2D eigenvalue weighted by Crippen LogP contribution is -2.66. The summed E-state index contributed by atoms with van der Waals surface area (Å²) in [5.74, 6) is -0.348. The molecule has 0 spiro atoms. The molecule has 2 aromatic carbocycles. The topological polar surface area (TPSA) is 75.6 Å². The fourth-order valence-corrected chi connectivity index (χ4v) is 5.13. The standard InChI is InChI=1S/C22H21NO4/c24-20(25)19(22-9-13(10-22)11-22)23-21(26)27-12-18-16-7-3-1-5-14(16)15-6-2-4-8-17(15)18/h1-8,13,18-19H,9-12H2,(H,23,26)(H,24,25)/t13?,19-,22?/m0/s1. The van der Waals surface area contributed by atoms with Gasteiger partial charge in [0.25, 0.3) is 0 Å². The van der Waals surface area contributed by atoms with Gasteiger partial charge in [0.15, 0.2) is 0 Å². The summed E-state index contributed by atoms with van der Waals surface area (Å²) < 4.78 is 5.49. The first-order chi connectivity index (χ1) is 13.1. The highest BCUT2D eigenvalue weighted by Crippen LogP contribution is 2.66. The highest BCUT2D eigenvalue weighted by atomic mass is 16.5. The molecule has 6 rings (SSSR count). The molecule has 5 nitrogen and oxygen atoms in total. The molecular formula is C22H21NO4. The van der Waals surface area contributed by atoms with Crippen molar-refractivity contribution < 1.29 is 19.4 Å². The Morgan fingerprint density at radius 2 is 1.59 bits per heavy atom. The predicted octanol–water partition coefficient (Wildman–Crippen LogP) is 3.78. The summed E-state index contributed by atoms with van der Waals surface area (Å²) in [4.78, 5) is 24.0. The van der Waals surface area contributed by atoms with Gasteiger partial charge in [-0.15, -0.1) is 0 Å². The van der Waals surface area contributed by atoms with Crippen molar-refractivity contribution in [1.29, 1.82) is 0 Å². The van der Waals surface area contributed by atoms with Crippen LogP contribution in [0, 0.1) is 11.3 Å². The lowest BCUT2D eigenvalue weighted by molar-refractivity contribution is -0.169. The van der Waals surface area contributed by atoms with Gasteiger partial charge < -0.3 is 15.2 Å². The van der Waals surface area contributed by atoms with Crippen LogP contribution in [0.2, 0.25) is 0 Å². The smallest absolute Gasteiger partial charge is 0.407 e. The van der Waals surface area contributed by atoms with E-state index >= 15 is 0 Å². The van der Waals surface area contributed by atoms with E-state index in [1.54, 1.807) is 0 Å². The van der Waals surface area contributed by atoms with Crippen molar-refractivity contribution in [3.8, 4) is 11.1 Å². The molecule has 2 N–H and O–H groups in total. The Labute approximate surface area is 157 Å². The first-order valence-corrected chi connectivity index (χ1v) is 9.42. The number of hydrogen-bond acceptors (Lipinski definition) is 3. The van der Waals surface area contributed by atoms with Crippen molar-refractivity contribution in [1.82, 2.24) is 5.32 Å². The minimum absolute atomic E-state index is 0.0265. The second kappa shape index (κ2) is 5.84. The number of hydrogen-bond donors (Lipinski definition) is 2. The summed E-state index contributed by atoms with van der Waals surface area (Å²) >= 11 is 0. The Kier molecular flexibility index (Phi) is 3.54. The molecule has 27 heavy (non-hydrogen) atoms. The summed E-state index contributed by atoms with van der Waals surface area (Å²) in [5, 5.41) is 12.1. The average molecular weight is 363 g/mol. The monoisotopic (exact) mass is 363 g/mol. The molecule has 2 aromatic rings. The third kappa shape index (κ3) is 2.45. The van der Waals surface area contributed by atoms with E-state index in [0.29, 0.717) is 5.92 Å². The van der Waals surface area contributed by atoms with Gasteiger partial charge in [-0.05, 0) is 47.4 Å². The van der Waals surface area contributed by atoms with Gasteiger partial charge in [-0.1, -0.05) is 48.5 Å². The van der Waals surface area contributed by atoms with Crippen LogP contribution in [0.4, 0.5) is 4.79 Å². The molecule has 4 aliphatic carbocycles. The zero-order chi connectivity index (χ0) is 18.6. The maximum absolute atomic E-state index is 12.3. The second-order valence-corrected chi connectivity index (χ2v) is 8.08. The Morgan fingerprint density at radius 1 is 1.04 bits per heavy atom. The molecule has 4 aliphatic rings. The van der Waals surface area contributed by atoms with E-state index in [0.717, 1.165) is 30.4 Å². The Morgan fingerprint density at radius 3 is 2.07 bits per heavy atom. The summed E-state index contributed by atoms with van der Waals surface area (Å²) in [6.07, 6.45) is 2.04. The normalized spacial score (nSPS) is 25.4. The SMILES string of the molecule is O=C(N[C@@H](C(=O)O)C12CC(C1)C2)OCC1c2ccccc2-c2ccccc21. The number of carbonyl (C=O) groups excluding carboxylic acids is 1. The molecule has 0 aromatic heterocycles. The molecule has 0 radical (unpaired) electrons. The van der Waals surface area contributed by atoms with Crippen molar-refractivity contribution in [2.75, 3.05) is 6.61 Å². The molecule has 0 aliphatic heterocycles. The number of aliphatic carboxylic acids is 1. The Hall–Kier alpha value is -2.82. The van der Waals surface area contributed by atoms with Crippen LogP contribution in [0.3, 0.4) is 0 Å². The number of rotatable bonds is 5. The second-order valence-electron chi connectivity index (χ2n) is 8.08. The van der Waals surface area contributed by atoms with E-state index in [9.17, 15) is 14.7 Å². The number of carboxylic acid groups (broad SMARTS) is 1. The molecule has 2 bridgehead atoms. The largest absolute Gasteiger partial charge is 0.480 e. The van der Waals surface area contributed by atoms with Crippen LogP contribution in [-0.4, -0.2) is 29.8 Å². The van der Waals surface area contributed by atoms with Gasteiger partial charge in [0.1, 0.15) is 12.6 Å². The summed E-state index contributed by atoms with van der Waals surface area (Å²) in [6, 6.07) is 15.4. The number of carboxylic acids is 1. The van der Waals surface area contributed by atoms with Crippen molar-refractivity contribution in [3.63, 3.8) is 0 Å². The van der Waals surface area contributed by atoms with Crippen molar-refractivity contribution in [3.05, 3.63) is 59.7 Å². The minimum atomic E-state index is -0.971. The van der Waals surface area contributed by atoms with Crippen molar-refractivity contribution in [2.24, 2.45) is 11.3 Å². The number of amides is 1. The van der Waals surface area contributed by atoms with Crippen LogP contribution < -0.4 is 5.32 Å². The van der Waals surface area contributed by atoms with Crippen molar-refractivity contribution >= 4 is 12.1 Å². The first-order valence-electron chi connectivity index (χ1n) is 9.42. The number of benzene rings is 2. The zero-order valence-electron chi connectivity index (χ0n) is 14.9. The highest BCUT2D eigenvalue weighted by Gasteiger charge is 2.63. The average Bonchev–Trinajstić information content (AvgIpc) is 2.91. The van der Waals surface area contributed by atoms with E-state index in [1.807, 2.05) is 24.3 Å². The summed E-state index contributed by atoms with van der Waals surface area (Å²) in [5.41, 5.74) is 4.36. The number of alkyl carbamates (subject to hydrolysis) is 1. The lowest BCUT2D eigenvalue weighted by Gasteiger charge is -2.63. The molecule has 0 unspecified atom stereocenters. The molecule has 1 amide bonds. The molecule has 138 valence electrons. The molecule has 3 saturated carbocycles. The predicted molar refractivity (Wildman–Crippen MR) is 99.4 cm³/mol. The van der Waals surface area contributed by atoms with Gasteiger partial charge in [0.2, 0.25) is 0 Å². The Balaban J connectivity index is 1.30. The van der Waals surface area contributed by atoms with E-state index in [2.05, 4.69) is 29.6 Å². The first kappa shape index (κ1) is 16.4. The number of nitrogens with one attached hydrogen (secondary N) is 1. The third-order valence-electron chi connectivity index (χ3n) is 6.55. The molecular weight excluding hydrogens is 342 g/mol. The van der Waals surface area contributed by atoms with Crippen LogP contribution in [0.25, 0.3) is 11.1 Å². The van der Waals surface area contributed by atoms with Crippen LogP contribution >= 0.6 is 0 Å². The lowest BCUT2D eigenvalue weighted by atomic mass is 9.42. The number of fused-ring (bicyclic) bond motifs is 3. The van der Waals surface area contributed by atoms with E-state index in [-0.39, 0.29) is 17.9 Å². The molecule has 1 atom stereocenters. The van der Waals surface area contributed by atoms with Crippen LogP contribution in [0.5, 0.6) is 0 Å².